The molecule has 1 aliphatic heterocycles. The van der Waals surface area contributed by atoms with Gasteiger partial charge in [-0.05, 0) is 80.4 Å². The molecule has 220 valence electrons. The van der Waals surface area contributed by atoms with Crippen molar-refractivity contribution in [3.63, 3.8) is 0 Å². The first-order chi connectivity index (χ1) is 20.4. The number of piperidine rings is 1. The Morgan fingerprint density at radius 1 is 0.976 bits per heavy atom. The zero-order valence-corrected chi connectivity index (χ0v) is 24.6. The number of nitrogens with zero attached hydrogens (tertiary/aromatic N) is 3. The summed E-state index contributed by atoms with van der Waals surface area (Å²) < 4.78 is 48.3. The van der Waals surface area contributed by atoms with Gasteiger partial charge in [0, 0.05) is 35.9 Å². The third kappa shape index (κ3) is 6.10. The Kier molecular flexibility index (Phi) is 8.35. The normalized spacial score (nSPS) is 18.2. The number of hydrogen-bond donors (Lipinski definition) is 2. The van der Waals surface area contributed by atoms with Gasteiger partial charge in [-0.15, -0.1) is 0 Å². The molecule has 2 aromatic carbocycles. The lowest BCUT2D eigenvalue weighted by molar-refractivity contribution is 0.466. The number of anilines is 1. The van der Waals surface area contributed by atoms with Gasteiger partial charge < -0.3 is 15.4 Å². The fourth-order valence-corrected chi connectivity index (χ4v) is 8.03. The van der Waals surface area contributed by atoms with Gasteiger partial charge in [0.15, 0.2) is 9.84 Å². The maximum atomic E-state index is 15.2. The van der Waals surface area contributed by atoms with Crippen LogP contribution in [0.3, 0.4) is 0 Å². The first-order valence-corrected chi connectivity index (χ1v) is 16.5. The van der Waals surface area contributed by atoms with Gasteiger partial charge in [0.1, 0.15) is 11.6 Å². The molecule has 2 fully saturated rings. The average Bonchev–Trinajstić information content (AvgIpc) is 3.01. The molecule has 4 aromatic rings. The number of nitrogens with one attached hydrogen (secondary N) is 2. The summed E-state index contributed by atoms with van der Waals surface area (Å²) in [6, 6.07) is 12.4. The van der Waals surface area contributed by atoms with Crippen LogP contribution in [0.4, 0.5) is 10.3 Å². The zero-order valence-electron chi connectivity index (χ0n) is 23.8. The molecule has 0 unspecified atom stereocenters. The molecule has 0 amide bonds. The Bertz CT molecular complexity index is 1690. The number of rotatable bonds is 8. The van der Waals surface area contributed by atoms with E-state index >= 15 is 4.39 Å². The monoisotopic (exact) mass is 589 g/mol. The van der Waals surface area contributed by atoms with Crippen LogP contribution in [0.5, 0.6) is 11.6 Å². The van der Waals surface area contributed by atoms with E-state index in [1.807, 2.05) is 31.2 Å². The molecule has 8 nitrogen and oxygen atoms in total. The van der Waals surface area contributed by atoms with E-state index in [2.05, 4.69) is 20.6 Å². The van der Waals surface area contributed by atoms with Gasteiger partial charge >= 0.3 is 0 Å². The highest BCUT2D eigenvalue weighted by Gasteiger charge is 2.29. The molecular weight excluding hydrogens is 553 g/mol. The van der Waals surface area contributed by atoms with Crippen molar-refractivity contribution in [1.82, 2.24) is 20.3 Å². The number of hydrogen-bond acceptors (Lipinski definition) is 8. The van der Waals surface area contributed by atoms with E-state index in [0.717, 1.165) is 50.8 Å². The fourth-order valence-electron chi connectivity index (χ4n) is 6.05. The summed E-state index contributed by atoms with van der Waals surface area (Å²) in [7, 11) is -3.51. The van der Waals surface area contributed by atoms with Gasteiger partial charge in [-0.25, -0.2) is 27.8 Å². The van der Waals surface area contributed by atoms with Crippen LogP contribution >= 0.6 is 0 Å². The minimum Gasteiger partial charge on any atom is -0.437 e. The quantitative estimate of drug-likeness (QED) is 0.245. The van der Waals surface area contributed by atoms with Gasteiger partial charge in [-0.3, -0.25) is 0 Å². The topological polar surface area (TPSA) is 106 Å². The van der Waals surface area contributed by atoms with Crippen LogP contribution in [-0.4, -0.2) is 47.8 Å². The molecule has 1 aliphatic carbocycles. The van der Waals surface area contributed by atoms with E-state index in [9.17, 15) is 8.42 Å². The Morgan fingerprint density at radius 2 is 1.81 bits per heavy atom. The third-order valence-electron chi connectivity index (χ3n) is 8.34. The smallest absolute Gasteiger partial charge is 0.228 e. The van der Waals surface area contributed by atoms with E-state index in [1.54, 1.807) is 24.5 Å². The number of halogens is 1. The van der Waals surface area contributed by atoms with Crippen molar-refractivity contribution in [2.24, 2.45) is 0 Å². The van der Waals surface area contributed by atoms with E-state index in [-0.39, 0.29) is 17.4 Å². The molecule has 42 heavy (non-hydrogen) atoms. The number of aryl methyl sites for hydroxylation is 1. The summed E-state index contributed by atoms with van der Waals surface area (Å²) in [5, 5.41) is 7.55. The van der Waals surface area contributed by atoms with Crippen LogP contribution in [0.2, 0.25) is 0 Å². The molecule has 6 rings (SSSR count). The first kappa shape index (κ1) is 28.5. The van der Waals surface area contributed by atoms with E-state index in [4.69, 9.17) is 9.72 Å². The molecule has 1 saturated carbocycles. The third-order valence-corrected chi connectivity index (χ3v) is 10.5. The van der Waals surface area contributed by atoms with Gasteiger partial charge in [-0.1, -0.05) is 31.4 Å². The molecule has 2 aliphatic rings. The molecule has 0 spiro atoms. The summed E-state index contributed by atoms with van der Waals surface area (Å²) in [5.41, 5.74) is 2.35. The molecule has 1 atom stereocenters. The van der Waals surface area contributed by atoms with Crippen LogP contribution in [0.25, 0.3) is 22.0 Å². The van der Waals surface area contributed by atoms with Crippen LogP contribution in [0, 0.1) is 12.7 Å². The van der Waals surface area contributed by atoms with Crippen LogP contribution in [0.1, 0.15) is 56.1 Å². The highest BCUT2D eigenvalue weighted by atomic mass is 32.2. The summed E-state index contributed by atoms with van der Waals surface area (Å²) in [4.78, 5) is 13.7. The Labute approximate surface area is 246 Å². The van der Waals surface area contributed by atoms with Gasteiger partial charge in [0.25, 0.3) is 0 Å². The summed E-state index contributed by atoms with van der Waals surface area (Å²) in [6.45, 7) is 3.79. The molecular formula is C32H36FN5O3S. The number of fused-ring (bicyclic) bond motifs is 1. The lowest BCUT2D eigenvalue weighted by atomic mass is 10.0. The highest BCUT2D eigenvalue weighted by molar-refractivity contribution is 7.91. The predicted octanol–water partition coefficient (Wildman–Crippen LogP) is 6.34. The molecule has 0 bridgehead atoms. The van der Waals surface area contributed by atoms with Crippen molar-refractivity contribution in [3.8, 4) is 22.9 Å². The number of benzene rings is 2. The molecule has 2 N–H and O–H groups in total. The van der Waals surface area contributed by atoms with Crippen molar-refractivity contribution in [2.75, 3.05) is 18.4 Å². The zero-order chi connectivity index (χ0) is 29.1. The largest absolute Gasteiger partial charge is 0.437 e. The number of aromatic nitrogens is 3. The van der Waals surface area contributed by atoms with E-state index in [0.29, 0.717) is 52.4 Å². The maximum absolute atomic E-state index is 15.2. The van der Waals surface area contributed by atoms with Crippen molar-refractivity contribution in [2.45, 2.75) is 68.9 Å². The van der Waals surface area contributed by atoms with Crippen LogP contribution in [-0.2, 0) is 15.6 Å². The Morgan fingerprint density at radius 3 is 2.62 bits per heavy atom. The summed E-state index contributed by atoms with van der Waals surface area (Å²) in [5.74, 6) is 0.536. The lowest BCUT2D eigenvalue weighted by Crippen LogP contribution is -2.38. The standard InChI is InChI=1S/C32H36FN5O3S/c1-21-11-12-24-25(13-14-28(33)27(24)20-42(39,40)23-8-3-2-4-9-23)30(21)41-31-26(10-6-17-35-31)29-15-18-36-32(38-29)37-22-7-5-16-34-19-22/h6,10-15,17-18,22-23,34H,2-5,7-9,16,19-20H2,1H3,(H,36,37,38)/t22-/m0/s1. The predicted molar refractivity (Wildman–Crippen MR) is 163 cm³/mol. The fraction of sp³-hybridized carbons (Fsp3) is 0.406. The highest BCUT2D eigenvalue weighted by Crippen LogP contribution is 2.39. The number of ether oxygens (including phenoxy) is 1. The van der Waals surface area contributed by atoms with Crippen molar-refractivity contribution in [1.29, 1.82) is 0 Å². The second kappa shape index (κ2) is 12.3. The number of pyridine rings is 1. The van der Waals surface area contributed by atoms with Gasteiger partial charge in [-0.2, -0.15) is 0 Å². The van der Waals surface area contributed by atoms with Crippen molar-refractivity contribution in [3.05, 3.63) is 71.8 Å². The van der Waals surface area contributed by atoms with Crippen molar-refractivity contribution < 1.29 is 17.5 Å². The summed E-state index contributed by atoms with van der Waals surface area (Å²) >= 11 is 0. The maximum Gasteiger partial charge on any atom is 0.228 e. The minimum atomic E-state index is -3.51. The summed E-state index contributed by atoms with van der Waals surface area (Å²) in [6.07, 6.45) is 9.63. The second-order valence-corrected chi connectivity index (χ2v) is 13.6. The number of sulfone groups is 1. The SMILES string of the molecule is Cc1ccc2c(CS(=O)(=O)C3CCCCC3)c(F)ccc2c1Oc1ncccc1-c1ccnc(N[C@H]2CCCNC2)n1. The van der Waals surface area contributed by atoms with Gasteiger partial charge in [0.2, 0.25) is 11.8 Å². The van der Waals surface area contributed by atoms with Gasteiger partial charge in [0.05, 0.1) is 22.3 Å². The first-order valence-electron chi connectivity index (χ1n) is 14.7. The lowest BCUT2D eigenvalue weighted by Gasteiger charge is -2.23. The molecule has 10 heteroatoms. The molecule has 1 saturated heterocycles. The molecule has 0 radical (unpaired) electrons. The van der Waals surface area contributed by atoms with E-state index in [1.165, 1.54) is 6.07 Å². The Balaban J connectivity index is 1.33. The molecule has 3 heterocycles. The van der Waals surface area contributed by atoms with Crippen LogP contribution in [0.15, 0.2) is 54.9 Å². The minimum absolute atomic E-state index is 0.188. The molecule has 2 aromatic heterocycles. The second-order valence-electron chi connectivity index (χ2n) is 11.3. The van der Waals surface area contributed by atoms with Crippen molar-refractivity contribution >= 4 is 26.6 Å². The van der Waals surface area contributed by atoms with Crippen LogP contribution < -0.4 is 15.4 Å². The van der Waals surface area contributed by atoms with E-state index < -0.39 is 20.9 Å². The Hall–Kier alpha value is -3.63. The average molecular weight is 590 g/mol.